The Morgan fingerprint density at radius 1 is 1.24 bits per heavy atom. The first kappa shape index (κ1) is 16.8. The molecule has 0 radical (unpaired) electrons. The number of benzene rings is 1. The molecule has 0 saturated carbocycles. The molecule has 2 heterocycles. The van der Waals surface area contributed by atoms with Crippen LogP contribution in [0.25, 0.3) is 16.6 Å². The van der Waals surface area contributed by atoms with Crippen LogP contribution in [-0.4, -0.2) is 22.4 Å². The molecule has 0 aliphatic rings. The lowest BCUT2D eigenvalue weighted by atomic mass is 9.94. The van der Waals surface area contributed by atoms with E-state index in [4.69, 9.17) is 16.2 Å². The first-order chi connectivity index (χ1) is 11.8. The number of aromatic nitrogens is 2. The van der Waals surface area contributed by atoms with Crippen molar-refractivity contribution >= 4 is 17.1 Å². The van der Waals surface area contributed by atoms with Crippen molar-refractivity contribution < 1.29 is 13.9 Å². The maximum absolute atomic E-state index is 14.4. The number of aryl methyl sites for hydroxylation is 1. The normalized spacial score (nSPS) is 11.1. The minimum Gasteiger partial charge on any atom is -0.496 e. The molecule has 0 bridgehead atoms. The van der Waals surface area contributed by atoms with Crippen molar-refractivity contribution in [3.8, 4) is 16.9 Å². The van der Waals surface area contributed by atoms with E-state index in [2.05, 4.69) is 4.98 Å². The van der Waals surface area contributed by atoms with Gasteiger partial charge in [-0.15, -0.1) is 0 Å². The Labute approximate surface area is 144 Å². The second kappa shape index (κ2) is 5.77. The third-order valence-corrected chi connectivity index (χ3v) is 4.43. The lowest BCUT2D eigenvalue weighted by Crippen LogP contribution is -2.15. The zero-order chi connectivity index (χ0) is 18.5. The van der Waals surface area contributed by atoms with Gasteiger partial charge in [-0.1, -0.05) is 0 Å². The highest BCUT2D eigenvalue weighted by atomic mass is 19.1. The van der Waals surface area contributed by atoms with Crippen LogP contribution in [0.5, 0.6) is 5.75 Å². The van der Waals surface area contributed by atoms with Gasteiger partial charge in [-0.25, -0.2) is 4.39 Å². The fourth-order valence-electron chi connectivity index (χ4n) is 3.23. The minimum absolute atomic E-state index is 0.150. The third-order valence-electron chi connectivity index (χ3n) is 4.43. The van der Waals surface area contributed by atoms with Crippen molar-refractivity contribution in [3.63, 3.8) is 0 Å². The average Bonchev–Trinajstić information content (AvgIpc) is 2.83. The number of fused-ring (bicyclic) bond motifs is 1. The van der Waals surface area contributed by atoms with Gasteiger partial charge in [-0.2, -0.15) is 0 Å². The molecule has 4 N–H and O–H groups in total. The molecule has 0 unspecified atom stereocenters. The Morgan fingerprint density at radius 3 is 2.52 bits per heavy atom. The van der Waals surface area contributed by atoms with E-state index >= 15 is 0 Å². The second-order valence-electron chi connectivity index (χ2n) is 5.97. The molecule has 7 heteroatoms. The van der Waals surface area contributed by atoms with Gasteiger partial charge < -0.3 is 20.6 Å². The Bertz CT molecular complexity index is 1020. The van der Waals surface area contributed by atoms with E-state index in [1.54, 1.807) is 30.6 Å². The van der Waals surface area contributed by atoms with Gasteiger partial charge in [0.1, 0.15) is 17.3 Å². The molecule has 3 aromatic rings. The second-order valence-corrected chi connectivity index (χ2v) is 5.97. The lowest BCUT2D eigenvalue weighted by Gasteiger charge is -2.15. The number of amides is 1. The molecule has 2 aromatic heterocycles. The van der Waals surface area contributed by atoms with Crippen LogP contribution < -0.4 is 16.2 Å². The fraction of sp³-hybridized carbons (Fsp3) is 0.222. The van der Waals surface area contributed by atoms with Gasteiger partial charge >= 0.3 is 0 Å². The van der Waals surface area contributed by atoms with Gasteiger partial charge in [0.2, 0.25) is 0 Å². The van der Waals surface area contributed by atoms with Crippen LogP contribution in [0.4, 0.5) is 10.1 Å². The number of hydrogen-bond acceptors (Lipinski definition) is 4. The summed E-state index contributed by atoms with van der Waals surface area (Å²) in [6.07, 6.45) is 3.28. The molecule has 1 amide bonds. The maximum atomic E-state index is 14.4. The summed E-state index contributed by atoms with van der Waals surface area (Å²) in [5.41, 5.74) is 15.6. The smallest absolute Gasteiger partial charge is 0.267 e. The molecule has 3 rings (SSSR count). The number of hydrogen-bond donors (Lipinski definition) is 2. The summed E-state index contributed by atoms with van der Waals surface area (Å²) in [6, 6.07) is 1.33. The highest BCUT2D eigenvalue weighted by molar-refractivity contribution is 6.06. The van der Waals surface area contributed by atoms with Gasteiger partial charge in [0.25, 0.3) is 5.91 Å². The van der Waals surface area contributed by atoms with E-state index in [1.807, 2.05) is 6.92 Å². The van der Waals surface area contributed by atoms with Crippen molar-refractivity contribution in [1.29, 1.82) is 0 Å². The van der Waals surface area contributed by atoms with Gasteiger partial charge in [0.15, 0.2) is 0 Å². The first-order valence-electron chi connectivity index (χ1n) is 7.67. The number of anilines is 1. The van der Waals surface area contributed by atoms with Crippen LogP contribution in [0.1, 0.15) is 27.3 Å². The van der Waals surface area contributed by atoms with Crippen LogP contribution >= 0.6 is 0 Å². The maximum Gasteiger partial charge on any atom is 0.267 e. The number of nitrogens with two attached hydrogens (primary N) is 2. The summed E-state index contributed by atoms with van der Waals surface area (Å²) in [5, 5.41) is 0. The number of methoxy groups -OCH3 is 1. The Kier molecular flexibility index (Phi) is 3.87. The molecule has 6 nitrogen and oxygen atoms in total. The standard InChI is InChI=1S/C18H19FN4O2/c1-8-7-23-12(6-22-8)15(16(20)17(23)18(21)24)14-9(2)11(19)5-13(25-4)10(14)3/h5-7H,20H2,1-4H3,(H2,21,24). The molecule has 0 aliphatic carbocycles. The highest BCUT2D eigenvalue weighted by Gasteiger charge is 2.25. The average molecular weight is 342 g/mol. The number of carbonyl (C=O) groups excluding carboxylic acids is 1. The molecule has 130 valence electrons. The predicted molar refractivity (Wildman–Crippen MR) is 94.3 cm³/mol. The van der Waals surface area contributed by atoms with Crippen LogP contribution in [-0.2, 0) is 0 Å². The third kappa shape index (κ3) is 2.39. The Morgan fingerprint density at radius 2 is 1.92 bits per heavy atom. The van der Waals surface area contributed by atoms with Crippen molar-refractivity contribution in [1.82, 2.24) is 9.38 Å². The van der Waals surface area contributed by atoms with Crippen LogP contribution in [0.15, 0.2) is 18.5 Å². The predicted octanol–water partition coefficient (Wildman–Crippen LogP) is 2.76. The summed E-state index contributed by atoms with van der Waals surface area (Å²) in [5.74, 6) is -0.683. The summed E-state index contributed by atoms with van der Waals surface area (Å²) < 4.78 is 21.3. The topological polar surface area (TPSA) is 95.6 Å². The molecule has 0 fully saturated rings. The van der Waals surface area contributed by atoms with Crippen molar-refractivity contribution in [2.45, 2.75) is 20.8 Å². The first-order valence-corrected chi connectivity index (χ1v) is 7.67. The van der Waals surface area contributed by atoms with Gasteiger partial charge in [0.05, 0.1) is 30.2 Å². The summed E-state index contributed by atoms with van der Waals surface area (Å²) >= 11 is 0. The van der Waals surface area contributed by atoms with E-state index in [0.29, 0.717) is 33.7 Å². The quantitative estimate of drug-likeness (QED) is 0.765. The molecular formula is C18H19FN4O2. The Hall–Kier alpha value is -3.09. The van der Waals surface area contributed by atoms with E-state index in [0.717, 1.165) is 5.56 Å². The summed E-state index contributed by atoms with van der Waals surface area (Å²) in [7, 11) is 1.47. The number of ether oxygens (including phenoxy) is 1. The van der Waals surface area contributed by atoms with Crippen LogP contribution in [0.2, 0.25) is 0 Å². The zero-order valence-electron chi connectivity index (χ0n) is 14.5. The number of carbonyl (C=O) groups is 1. The fourth-order valence-corrected chi connectivity index (χ4v) is 3.23. The highest BCUT2D eigenvalue weighted by Crippen LogP contribution is 2.42. The number of rotatable bonds is 3. The SMILES string of the molecule is COc1cc(F)c(C)c(-c2c(N)c(C(N)=O)n3cc(C)ncc23)c1C. The van der Waals surface area contributed by atoms with Gasteiger partial charge in [-0.3, -0.25) is 9.78 Å². The molecule has 1 aromatic carbocycles. The number of primary amides is 1. The van der Waals surface area contributed by atoms with Crippen molar-refractivity contribution in [2.24, 2.45) is 5.73 Å². The summed E-state index contributed by atoms with van der Waals surface area (Å²) in [4.78, 5) is 16.2. The zero-order valence-corrected chi connectivity index (χ0v) is 14.5. The molecule has 0 aliphatic heterocycles. The van der Waals surface area contributed by atoms with Gasteiger partial charge in [-0.05, 0) is 37.5 Å². The number of nitrogen functional groups attached to an aromatic ring is 1. The van der Waals surface area contributed by atoms with E-state index in [-0.39, 0.29) is 11.4 Å². The number of halogens is 1. The van der Waals surface area contributed by atoms with E-state index in [9.17, 15) is 9.18 Å². The molecular weight excluding hydrogens is 323 g/mol. The molecule has 25 heavy (non-hydrogen) atoms. The van der Waals surface area contributed by atoms with Gasteiger partial charge in [0, 0.05) is 17.8 Å². The lowest BCUT2D eigenvalue weighted by molar-refractivity contribution is 0.0995. The van der Waals surface area contributed by atoms with Crippen molar-refractivity contribution in [2.75, 3.05) is 12.8 Å². The largest absolute Gasteiger partial charge is 0.496 e. The minimum atomic E-state index is -0.664. The van der Waals surface area contributed by atoms with E-state index in [1.165, 1.54) is 13.2 Å². The Balaban J connectivity index is 2.52. The molecule has 0 spiro atoms. The van der Waals surface area contributed by atoms with E-state index < -0.39 is 11.7 Å². The summed E-state index contributed by atoms with van der Waals surface area (Å²) in [6.45, 7) is 5.27. The number of nitrogens with zero attached hydrogens (tertiary/aromatic N) is 2. The van der Waals surface area contributed by atoms with Crippen LogP contribution in [0.3, 0.4) is 0 Å². The monoisotopic (exact) mass is 342 g/mol. The molecule has 0 atom stereocenters. The van der Waals surface area contributed by atoms with Crippen molar-refractivity contribution in [3.05, 3.63) is 46.8 Å². The molecule has 0 saturated heterocycles. The van der Waals surface area contributed by atoms with Crippen LogP contribution in [0, 0.1) is 26.6 Å².